The summed E-state index contributed by atoms with van der Waals surface area (Å²) in [5.41, 5.74) is 2.57. The Morgan fingerprint density at radius 2 is 2.12 bits per heavy atom. The molecule has 3 aromatic rings. The second-order valence-electron chi connectivity index (χ2n) is 8.78. The minimum Gasteiger partial charge on any atom is -0.326 e. The first kappa shape index (κ1) is 21.0. The zero-order valence-corrected chi connectivity index (χ0v) is 18.9. The van der Waals surface area contributed by atoms with Gasteiger partial charge in [0, 0.05) is 12.7 Å². The number of pyridine rings is 1. The van der Waals surface area contributed by atoms with Crippen molar-refractivity contribution in [3.05, 3.63) is 54.3 Å². The van der Waals surface area contributed by atoms with E-state index in [-0.39, 0.29) is 11.3 Å². The van der Waals surface area contributed by atoms with Crippen LogP contribution in [-0.2, 0) is 4.79 Å². The lowest BCUT2D eigenvalue weighted by Crippen LogP contribution is -2.41. The minimum atomic E-state index is -0.610. The molecule has 2 aliphatic heterocycles. The third-order valence-electron chi connectivity index (χ3n) is 6.29. The monoisotopic (exact) mass is 480 g/mol. The van der Waals surface area contributed by atoms with Crippen LogP contribution in [0.3, 0.4) is 0 Å². The molecular weight excluding hydrogens is 459 g/mol. The van der Waals surface area contributed by atoms with Crippen LogP contribution in [0.4, 0.5) is 21.8 Å². The van der Waals surface area contributed by atoms with Gasteiger partial charge in [-0.25, -0.2) is 9.50 Å². The standard InChI is InChI=1S/C23H22ClFN8O/c24-15-9-18(22(34)28-16-5-6-19(25)26-11-16)32(12-15)23-30-21(17-2-1-7-33(17)31-23)29-20-8-14(10-27-20)13-3-4-13/h1-2,5-8,11,13,15,18H,3-4,9-10,12H2,(H,28,34)(H,27,29,30,31)/t15-,18+/m1/s1. The number of amidine groups is 1. The molecule has 3 aromatic heterocycles. The summed E-state index contributed by atoms with van der Waals surface area (Å²) in [7, 11) is 0. The molecule has 9 nitrogen and oxygen atoms in total. The molecule has 11 heteroatoms. The normalized spacial score (nSPS) is 22.1. The number of carbonyl (C=O) groups excluding carboxylic acids is 1. The molecule has 174 valence electrons. The Morgan fingerprint density at radius 1 is 1.24 bits per heavy atom. The highest BCUT2D eigenvalue weighted by Crippen LogP contribution is 2.38. The molecule has 1 saturated carbocycles. The van der Waals surface area contributed by atoms with Gasteiger partial charge in [0.05, 0.1) is 23.8 Å². The Balaban J connectivity index is 1.28. The number of halogens is 2. The zero-order valence-electron chi connectivity index (χ0n) is 18.2. The summed E-state index contributed by atoms with van der Waals surface area (Å²) in [6.07, 6.45) is 8.12. The third-order valence-corrected chi connectivity index (χ3v) is 6.60. The van der Waals surface area contributed by atoms with Crippen molar-refractivity contribution in [3.8, 4) is 0 Å². The number of nitrogens with zero attached hydrogens (tertiary/aromatic N) is 6. The molecule has 6 rings (SSSR count). The molecule has 1 amide bonds. The summed E-state index contributed by atoms with van der Waals surface area (Å²) < 4.78 is 14.9. The maximum Gasteiger partial charge on any atom is 0.247 e. The summed E-state index contributed by atoms with van der Waals surface area (Å²) >= 11 is 6.46. The average molecular weight is 481 g/mol. The number of hydrogen-bond acceptors (Lipinski definition) is 7. The van der Waals surface area contributed by atoms with E-state index in [1.807, 2.05) is 18.3 Å². The van der Waals surface area contributed by atoms with Crippen LogP contribution in [0.1, 0.15) is 19.3 Å². The second kappa shape index (κ2) is 8.35. The molecule has 0 aromatic carbocycles. The van der Waals surface area contributed by atoms with Crippen molar-refractivity contribution in [1.82, 2.24) is 19.6 Å². The Morgan fingerprint density at radius 3 is 2.91 bits per heavy atom. The van der Waals surface area contributed by atoms with Crippen LogP contribution in [-0.4, -0.2) is 55.8 Å². The highest BCUT2D eigenvalue weighted by Gasteiger charge is 2.38. The van der Waals surface area contributed by atoms with Gasteiger partial charge in [0.2, 0.25) is 17.8 Å². The molecule has 0 radical (unpaired) electrons. The van der Waals surface area contributed by atoms with Crippen LogP contribution in [0.25, 0.3) is 5.52 Å². The lowest BCUT2D eigenvalue weighted by atomic mass is 10.2. The van der Waals surface area contributed by atoms with Crippen molar-refractivity contribution in [3.63, 3.8) is 0 Å². The maximum absolute atomic E-state index is 13.1. The SMILES string of the molecule is O=C(Nc1ccc(F)nc1)[C@@H]1C[C@@H](Cl)CN1c1nc(NC2=NCC(C3CC3)=C2)c2cccn2n1. The molecule has 1 aliphatic carbocycles. The topological polar surface area (TPSA) is 99.8 Å². The van der Waals surface area contributed by atoms with Crippen molar-refractivity contribution in [2.24, 2.45) is 10.9 Å². The molecule has 3 aliphatic rings. The summed E-state index contributed by atoms with van der Waals surface area (Å²) in [4.78, 5) is 27.8. The van der Waals surface area contributed by atoms with Crippen LogP contribution >= 0.6 is 11.6 Å². The van der Waals surface area contributed by atoms with Crippen molar-refractivity contribution >= 4 is 46.3 Å². The number of hydrogen-bond donors (Lipinski definition) is 2. The van der Waals surface area contributed by atoms with Crippen molar-refractivity contribution in [2.45, 2.75) is 30.7 Å². The highest BCUT2D eigenvalue weighted by molar-refractivity contribution is 6.21. The number of aliphatic imine (C=N–C) groups is 1. The third kappa shape index (κ3) is 4.09. The number of rotatable bonds is 5. The molecule has 2 fully saturated rings. The number of carbonyl (C=O) groups is 1. The van der Waals surface area contributed by atoms with Gasteiger partial charge in [-0.1, -0.05) is 0 Å². The Hall–Kier alpha value is -3.53. The predicted molar refractivity (Wildman–Crippen MR) is 128 cm³/mol. The molecule has 2 atom stereocenters. The molecule has 1 saturated heterocycles. The summed E-state index contributed by atoms with van der Waals surface area (Å²) in [6.45, 7) is 1.14. The van der Waals surface area contributed by atoms with Crippen molar-refractivity contribution < 1.29 is 9.18 Å². The fourth-order valence-electron chi connectivity index (χ4n) is 4.41. The number of amides is 1. The fourth-order valence-corrected chi connectivity index (χ4v) is 4.73. The maximum atomic E-state index is 13.1. The highest BCUT2D eigenvalue weighted by atomic mass is 35.5. The lowest BCUT2D eigenvalue weighted by Gasteiger charge is -2.24. The quantitative estimate of drug-likeness (QED) is 0.429. The second-order valence-corrected chi connectivity index (χ2v) is 9.40. The van der Waals surface area contributed by atoms with Gasteiger partial charge in [-0.2, -0.15) is 9.37 Å². The largest absolute Gasteiger partial charge is 0.326 e. The summed E-state index contributed by atoms with van der Waals surface area (Å²) in [6, 6.07) is 5.89. The van der Waals surface area contributed by atoms with Gasteiger partial charge in [0.25, 0.3) is 0 Å². The predicted octanol–water partition coefficient (Wildman–Crippen LogP) is 3.25. The van der Waals surface area contributed by atoms with Gasteiger partial charge in [-0.3, -0.25) is 9.79 Å². The van der Waals surface area contributed by atoms with Gasteiger partial charge in [0.1, 0.15) is 17.4 Å². The minimum absolute atomic E-state index is 0.245. The van der Waals surface area contributed by atoms with E-state index in [4.69, 9.17) is 16.6 Å². The number of aromatic nitrogens is 4. The van der Waals surface area contributed by atoms with Crippen LogP contribution in [0.2, 0.25) is 0 Å². The molecule has 0 unspecified atom stereocenters. The molecule has 2 N–H and O–H groups in total. The van der Waals surface area contributed by atoms with Gasteiger partial charge >= 0.3 is 0 Å². The Bertz CT molecular complexity index is 1320. The van der Waals surface area contributed by atoms with E-state index in [0.29, 0.717) is 36.3 Å². The van der Waals surface area contributed by atoms with E-state index in [1.54, 1.807) is 9.42 Å². The van der Waals surface area contributed by atoms with E-state index >= 15 is 0 Å². The van der Waals surface area contributed by atoms with Crippen molar-refractivity contribution in [2.75, 3.05) is 28.6 Å². The van der Waals surface area contributed by atoms with E-state index in [0.717, 1.165) is 17.9 Å². The van der Waals surface area contributed by atoms with Gasteiger partial charge < -0.3 is 15.5 Å². The number of anilines is 3. The molecule has 0 spiro atoms. The first-order chi connectivity index (χ1) is 16.5. The lowest BCUT2D eigenvalue weighted by molar-refractivity contribution is -0.117. The fraction of sp³-hybridized carbons (Fsp3) is 0.348. The van der Waals surface area contributed by atoms with E-state index in [2.05, 4.69) is 31.8 Å². The van der Waals surface area contributed by atoms with E-state index < -0.39 is 12.0 Å². The van der Waals surface area contributed by atoms with E-state index in [9.17, 15) is 9.18 Å². The summed E-state index contributed by atoms with van der Waals surface area (Å²) in [5, 5.41) is 10.5. The average Bonchev–Trinajstić information content (AvgIpc) is 3.20. The van der Waals surface area contributed by atoms with Crippen LogP contribution in [0, 0.1) is 11.9 Å². The first-order valence-corrected chi connectivity index (χ1v) is 11.7. The molecule has 5 heterocycles. The number of fused-ring (bicyclic) bond motifs is 1. The molecule has 0 bridgehead atoms. The van der Waals surface area contributed by atoms with Crippen LogP contribution in [0.5, 0.6) is 0 Å². The first-order valence-electron chi connectivity index (χ1n) is 11.2. The molecular formula is C23H22ClFN8O. The van der Waals surface area contributed by atoms with E-state index in [1.165, 1.54) is 36.7 Å². The Kier molecular flexibility index (Phi) is 5.17. The number of nitrogens with one attached hydrogen (secondary N) is 2. The van der Waals surface area contributed by atoms with Gasteiger partial charge in [-0.05, 0) is 61.1 Å². The van der Waals surface area contributed by atoms with Gasteiger partial charge in [-0.15, -0.1) is 16.7 Å². The van der Waals surface area contributed by atoms with Crippen LogP contribution in [0.15, 0.2) is 53.3 Å². The van der Waals surface area contributed by atoms with Gasteiger partial charge in [0.15, 0.2) is 5.82 Å². The Labute approximate surface area is 199 Å². The zero-order chi connectivity index (χ0) is 23.2. The number of alkyl halides is 1. The summed E-state index contributed by atoms with van der Waals surface area (Å²) in [5.74, 6) is 1.56. The van der Waals surface area contributed by atoms with Crippen LogP contribution < -0.4 is 15.5 Å². The van der Waals surface area contributed by atoms with Crippen molar-refractivity contribution in [1.29, 1.82) is 0 Å². The smallest absolute Gasteiger partial charge is 0.247 e. The molecule has 34 heavy (non-hydrogen) atoms.